The number of hydrogen-bond donors (Lipinski definition) is 2. The standard InChI is InChI=1S/C12H20N2O3/c1-3-5-14-8-10(13)7-11(14)12(16)17-6-4-9(2)15/h7-9,15H,3-6,13H2,1-2H3. The number of carbonyl (C=O) groups excluding carboxylic acids is 1. The lowest BCUT2D eigenvalue weighted by molar-refractivity contribution is 0.0432. The van der Waals surface area contributed by atoms with E-state index in [9.17, 15) is 4.79 Å². The molecule has 0 amide bonds. The van der Waals surface area contributed by atoms with Crippen molar-refractivity contribution in [1.29, 1.82) is 0 Å². The summed E-state index contributed by atoms with van der Waals surface area (Å²) in [4.78, 5) is 11.8. The van der Waals surface area contributed by atoms with Crippen LogP contribution in [0.3, 0.4) is 0 Å². The minimum atomic E-state index is -0.463. The number of ether oxygens (including phenoxy) is 1. The third-order valence-corrected chi connectivity index (χ3v) is 2.36. The number of aryl methyl sites for hydroxylation is 1. The third-order valence-electron chi connectivity index (χ3n) is 2.36. The minimum Gasteiger partial charge on any atom is -0.461 e. The highest BCUT2D eigenvalue weighted by Crippen LogP contribution is 2.12. The predicted octanol–water partition coefficient (Wildman–Crippen LogP) is 1.41. The molecule has 0 aromatic carbocycles. The zero-order valence-corrected chi connectivity index (χ0v) is 10.3. The highest BCUT2D eigenvalue weighted by Gasteiger charge is 2.14. The zero-order valence-electron chi connectivity index (χ0n) is 10.3. The first-order chi connectivity index (χ1) is 8.04. The van der Waals surface area contributed by atoms with Gasteiger partial charge in [0.05, 0.1) is 18.4 Å². The van der Waals surface area contributed by atoms with E-state index in [1.807, 2.05) is 6.92 Å². The van der Waals surface area contributed by atoms with Crippen LogP contribution in [0.15, 0.2) is 12.3 Å². The van der Waals surface area contributed by atoms with Crippen molar-refractivity contribution in [2.24, 2.45) is 0 Å². The number of nitrogens with zero attached hydrogens (tertiary/aromatic N) is 1. The second kappa shape index (κ2) is 6.30. The molecule has 1 rings (SSSR count). The monoisotopic (exact) mass is 240 g/mol. The van der Waals surface area contributed by atoms with Gasteiger partial charge < -0.3 is 20.1 Å². The molecule has 1 heterocycles. The highest BCUT2D eigenvalue weighted by molar-refractivity contribution is 5.89. The summed E-state index contributed by atoms with van der Waals surface area (Å²) in [6.07, 6.45) is 2.63. The topological polar surface area (TPSA) is 77.5 Å². The van der Waals surface area contributed by atoms with E-state index in [2.05, 4.69) is 0 Å². The molecule has 0 fully saturated rings. The van der Waals surface area contributed by atoms with Gasteiger partial charge in [0.15, 0.2) is 0 Å². The van der Waals surface area contributed by atoms with Gasteiger partial charge in [-0.05, 0) is 19.4 Å². The molecule has 0 saturated carbocycles. The van der Waals surface area contributed by atoms with Crippen molar-refractivity contribution in [1.82, 2.24) is 4.57 Å². The van der Waals surface area contributed by atoms with Gasteiger partial charge in [0.1, 0.15) is 5.69 Å². The Balaban J connectivity index is 2.61. The molecule has 1 aromatic rings. The number of aliphatic hydroxyl groups is 1. The molecule has 1 aromatic heterocycles. The van der Waals surface area contributed by atoms with Gasteiger partial charge in [0, 0.05) is 19.2 Å². The molecule has 5 heteroatoms. The summed E-state index contributed by atoms with van der Waals surface area (Å²) in [5, 5.41) is 9.06. The molecule has 0 spiro atoms. The number of aliphatic hydroxyl groups excluding tert-OH is 1. The highest BCUT2D eigenvalue weighted by atomic mass is 16.5. The molecule has 0 aliphatic rings. The first kappa shape index (κ1) is 13.6. The average molecular weight is 240 g/mol. The summed E-state index contributed by atoms with van der Waals surface area (Å²) in [6.45, 7) is 4.64. The number of aromatic nitrogens is 1. The SMILES string of the molecule is CCCn1cc(N)cc1C(=O)OCCC(C)O. The summed E-state index contributed by atoms with van der Waals surface area (Å²) >= 11 is 0. The summed E-state index contributed by atoms with van der Waals surface area (Å²) in [5.41, 5.74) is 6.68. The number of esters is 1. The van der Waals surface area contributed by atoms with Gasteiger partial charge in [-0.3, -0.25) is 0 Å². The van der Waals surface area contributed by atoms with E-state index in [1.165, 1.54) is 0 Å². The van der Waals surface area contributed by atoms with Crippen LogP contribution in [0.4, 0.5) is 5.69 Å². The second-order valence-electron chi connectivity index (χ2n) is 4.13. The van der Waals surface area contributed by atoms with Crippen molar-refractivity contribution in [2.45, 2.75) is 39.3 Å². The first-order valence-electron chi connectivity index (χ1n) is 5.85. The van der Waals surface area contributed by atoms with Crippen LogP contribution in [0.1, 0.15) is 37.2 Å². The Morgan fingerprint density at radius 3 is 2.94 bits per heavy atom. The lowest BCUT2D eigenvalue weighted by atomic mass is 10.3. The molecule has 0 radical (unpaired) electrons. The van der Waals surface area contributed by atoms with E-state index in [-0.39, 0.29) is 6.61 Å². The van der Waals surface area contributed by atoms with Gasteiger partial charge in [-0.15, -0.1) is 0 Å². The van der Waals surface area contributed by atoms with E-state index < -0.39 is 12.1 Å². The van der Waals surface area contributed by atoms with E-state index in [0.717, 1.165) is 13.0 Å². The molecule has 0 saturated heterocycles. The number of anilines is 1. The normalized spacial score (nSPS) is 12.4. The van der Waals surface area contributed by atoms with Crippen molar-refractivity contribution in [3.05, 3.63) is 18.0 Å². The summed E-state index contributed by atoms with van der Waals surface area (Å²) in [5.74, 6) is -0.393. The van der Waals surface area contributed by atoms with E-state index >= 15 is 0 Å². The number of carbonyl (C=O) groups is 1. The summed E-state index contributed by atoms with van der Waals surface area (Å²) < 4.78 is 6.86. The molecule has 3 N–H and O–H groups in total. The maximum absolute atomic E-state index is 11.8. The van der Waals surface area contributed by atoms with Crippen LogP contribution >= 0.6 is 0 Å². The van der Waals surface area contributed by atoms with E-state index in [1.54, 1.807) is 23.8 Å². The van der Waals surface area contributed by atoms with E-state index in [0.29, 0.717) is 17.8 Å². The van der Waals surface area contributed by atoms with Crippen LogP contribution in [0.2, 0.25) is 0 Å². The lowest BCUT2D eigenvalue weighted by Gasteiger charge is -2.08. The number of hydrogen-bond acceptors (Lipinski definition) is 4. The molecule has 1 atom stereocenters. The number of nitrogen functional groups attached to an aromatic ring is 1. The molecule has 0 aliphatic carbocycles. The predicted molar refractivity (Wildman–Crippen MR) is 65.7 cm³/mol. The molecular formula is C12H20N2O3. The Labute approximate surface area is 101 Å². The summed E-state index contributed by atoms with van der Waals surface area (Å²) in [6, 6.07) is 1.61. The number of rotatable bonds is 6. The van der Waals surface area contributed by atoms with Gasteiger partial charge >= 0.3 is 5.97 Å². The first-order valence-corrected chi connectivity index (χ1v) is 5.85. The molecule has 5 nitrogen and oxygen atoms in total. The van der Waals surface area contributed by atoms with Crippen molar-refractivity contribution in [3.8, 4) is 0 Å². The van der Waals surface area contributed by atoms with Crippen molar-refractivity contribution >= 4 is 11.7 Å². The Morgan fingerprint density at radius 2 is 2.35 bits per heavy atom. The van der Waals surface area contributed by atoms with Gasteiger partial charge in [-0.1, -0.05) is 6.92 Å². The maximum atomic E-state index is 11.8. The Bertz CT molecular complexity index is 372. The minimum absolute atomic E-state index is 0.216. The van der Waals surface area contributed by atoms with Crippen LogP contribution < -0.4 is 5.73 Å². The Kier molecular flexibility index (Phi) is 5.03. The lowest BCUT2D eigenvalue weighted by Crippen LogP contribution is -2.14. The average Bonchev–Trinajstić information content (AvgIpc) is 2.59. The molecule has 96 valence electrons. The van der Waals surface area contributed by atoms with Crippen LogP contribution in [0, 0.1) is 0 Å². The van der Waals surface area contributed by atoms with Crippen molar-refractivity contribution in [2.75, 3.05) is 12.3 Å². The fourth-order valence-corrected chi connectivity index (χ4v) is 1.53. The van der Waals surface area contributed by atoms with Crippen LogP contribution in [0.25, 0.3) is 0 Å². The van der Waals surface area contributed by atoms with Crippen LogP contribution in [-0.4, -0.2) is 28.4 Å². The number of nitrogens with two attached hydrogens (primary N) is 1. The molecular weight excluding hydrogens is 220 g/mol. The summed E-state index contributed by atoms with van der Waals surface area (Å²) in [7, 11) is 0. The van der Waals surface area contributed by atoms with Crippen LogP contribution in [-0.2, 0) is 11.3 Å². The molecule has 0 bridgehead atoms. The molecule has 0 aliphatic heterocycles. The zero-order chi connectivity index (χ0) is 12.8. The fraction of sp³-hybridized carbons (Fsp3) is 0.583. The smallest absolute Gasteiger partial charge is 0.355 e. The maximum Gasteiger partial charge on any atom is 0.355 e. The van der Waals surface area contributed by atoms with Crippen LogP contribution in [0.5, 0.6) is 0 Å². The van der Waals surface area contributed by atoms with E-state index in [4.69, 9.17) is 15.6 Å². The van der Waals surface area contributed by atoms with Crippen molar-refractivity contribution < 1.29 is 14.6 Å². The Hall–Kier alpha value is -1.49. The van der Waals surface area contributed by atoms with Gasteiger partial charge in [-0.2, -0.15) is 0 Å². The van der Waals surface area contributed by atoms with Gasteiger partial charge in [0.25, 0.3) is 0 Å². The quantitative estimate of drug-likeness (QED) is 0.737. The third kappa shape index (κ3) is 4.11. The van der Waals surface area contributed by atoms with Gasteiger partial charge in [-0.25, -0.2) is 4.79 Å². The second-order valence-corrected chi connectivity index (χ2v) is 4.13. The van der Waals surface area contributed by atoms with Crippen molar-refractivity contribution in [3.63, 3.8) is 0 Å². The molecule has 17 heavy (non-hydrogen) atoms. The fourth-order valence-electron chi connectivity index (χ4n) is 1.53. The van der Waals surface area contributed by atoms with Gasteiger partial charge in [0.2, 0.25) is 0 Å². The largest absolute Gasteiger partial charge is 0.461 e. The molecule has 1 unspecified atom stereocenters. The Morgan fingerprint density at radius 1 is 1.65 bits per heavy atom.